The molecular weight excluding hydrogens is 234 g/mol. The Morgan fingerprint density at radius 1 is 1.26 bits per heavy atom. The van der Waals surface area contributed by atoms with Crippen molar-refractivity contribution in [2.45, 2.75) is 27.3 Å². The summed E-state index contributed by atoms with van der Waals surface area (Å²) in [5.74, 6) is 1.02. The molecule has 2 rings (SSSR count). The SMILES string of the molecule is CC(C)=CCNCc1cnc(C)n1-c1ccccc1. The van der Waals surface area contributed by atoms with Crippen molar-refractivity contribution in [1.82, 2.24) is 14.9 Å². The van der Waals surface area contributed by atoms with Crippen LogP contribution in [-0.4, -0.2) is 16.1 Å². The van der Waals surface area contributed by atoms with Gasteiger partial charge in [-0.15, -0.1) is 0 Å². The topological polar surface area (TPSA) is 29.9 Å². The quantitative estimate of drug-likeness (QED) is 0.656. The van der Waals surface area contributed by atoms with Crippen molar-refractivity contribution < 1.29 is 0 Å². The fraction of sp³-hybridized carbons (Fsp3) is 0.312. The molecule has 0 bridgehead atoms. The summed E-state index contributed by atoms with van der Waals surface area (Å²) in [4.78, 5) is 4.41. The lowest BCUT2D eigenvalue weighted by molar-refractivity contribution is 0.718. The Bertz CT molecular complexity index is 549. The molecule has 0 unspecified atom stereocenters. The first kappa shape index (κ1) is 13.6. The standard InChI is InChI=1S/C16H21N3/c1-13(2)9-10-17-11-16-12-18-14(3)19(16)15-7-5-4-6-8-15/h4-9,12,17H,10-11H2,1-3H3. The van der Waals surface area contributed by atoms with Gasteiger partial charge in [0.05, 0.1) is 11.9 Å². The molecule has 0 saturated carbocycles. The molecule has 0 aliphatic rings. The molecule has 0 saturated heterocycles. The highest BCUT2D eigenvalue weighted by molar-refractivity contribution is 5.35. The fourth-order valence-electron chi connectivity index (χ4n) is 2.02. The molecular formula is C16H21N3. The van der Waals surface area contributed by atoms with Gasteiger partial charge in [-0.05, 0) is 32.9 Å². The lowest BCUT2D eigenvalue weighted by Gasteiger charge is -2.10. The third-order valence-corrected chi connectivity index (χ3v) is 2.99. The third kappa shape index (κ3) is 3.55. The lowest BCUT2D eigenvalue weighted by Crippen LogP contribution is -2.16. The molecule has 3 nitrogen and oxygen atoms in total. The average Bonchev–Trinajstić information content (AvgIpc) is 2.77. The molecule has 0 radical (unpaired) electrons. The molecule has 0 amide bonds. The van der Waals surface area contributed by atoms with Gasteiger partial charge < -0.3 is 5.32 Å². The van der Waals surface area contributed by atoms with Gasteiger partial charge in [0.25, 0.3) is 0 Å². The van der Waals surface area contributed by atoms with Crippen LogP contribution in [0, 0.1) is 6.92 Å². The summed E-state index contributed by atoms with van der Waals surface area (Å²) in [5.41, 5.74) is 3.68. The number of hydrogen-bond acceptors (Lipinski definition) is 2. The predicted molar refractivity (Wildman–Crippen MR) is 79.4 cm³/mol. The maximum Gasteiger partial charge on any atom is 0.110 e. The van der Waals surface area contributed by atoms with Crippen LogP contribution in [0.5, 0.6) is 0 Å². The zero-order chi connectivity index (χ0) is 13.7. The highest BCUT2D eigenvalue weighted by Gasteiger charge is 2.07. The maximum atomic E-state index is 4.41. The van der Waals surface area contributed by atoms with Crippen LogP contribution in [0.4, 0.5) is 0 Å². The summed E-state index contributed by atoms with van der Waals surface area (Å²) in [6, 6.07) is 10.3. The van der Waals surface area contributed by atoms with Crippen LogP contribution in [0.15, 0.2) is 48.2 Å². The van der Waals surface area contributed by atoms with Crippen molar-refractivity contribution in [3.63, 3.8) is 0 Å². The van der Waals surface area contributed by atoms with E-state index in [2.05, 4.69) is 59.1 Å². The number of nitrogens with zero attached hydrogens (tertiary/aromatic N) is 2. The molecule has 1 aromatic heterocycles. The molecule has 1 heterocycles. The lowest BCUT2D eigenvalue weighted by atomic mass is 10.3. The van der Waals surface area contributed by atoms with E-state index in [1.54, 1.807) is 0 Å². The maximum absolute atomic E-state index is 4.41. The number of benzene rings is 1. The minimum Gasteiger partial charge on any atom is -0.308 e. The number of aromatic nitrogens is 2. The van der Waals surface area contributed by atoms with Crippen molar-refractivity contribution in [2.24, 2.45) is 0 Å². The molecule has 0 spiro atoms. The number of aryl methyl sites for hydroxylation is 1. The fourth-order valence-corrected chi connectivity index (χ4v) is 2.02. The second-order valence-corrected chi connectivity index (χ2v) is 4.88. The van der Waals surface area contributed by atoms with E-state index in [9.17, 15) is 0 Å². The van der Waals surface area contributed by atoms with E-state index < -0.39 is 0 Å². The Kier molecular flexibility index (Phi) is 4.53. The molecule has 100 valence electrons. The second kappa shape index (κ2) is 6.34. The van der Waals surface area contributed by atoms with Crippen molar-refractivity contribution in [3.8, 4) is 5.69 Å². The summed E-state index contributed by atoms with van der Waals surface area (Å²) in [6.07, 6.45) is 4.13. The van der Waals surface area contributed by atoms with Gasteiger partial charge in [0.1, 0.15) is 5.82 Å². The van der Waals surface area contributed by atoms with Crippen LogP contribution in [0.2, 0.25) is 0 Å². The Labute approximate surface area is 115 Å². The smallest absolute Gasteiger partial charge is 0.110 e. The largest absolute Gasteiger partial charge is 0.308 e. The summed E-state index contributed by atoms with van der Waals surface area (Å²) in [5, 5.41) is 3.42. The monoisotopic (exact) mass is 255 g/mol. The molecule has 2 aromatic rings. The zero-order valence-electron chi connectivity index (χ0n) is 11.9. The van der Waals surface area contributed by atoms with Gasteiger partial charge in [0.15, 0.2) is 0 Å². The molecule has 0 aliphatic carbocycles. The molecule has 1 aromatic carbocycles. The normalized spacial score (nSPS) is 10.5. The van der Waals surface area contributed by atoms with Crippen LogP contribution < -0.4 is 5.32 Å². The highest BCUT2D eigenvalue weighted by atomic mass is 15.1. The van der Waals surface area contributed by atoms with E-state index in [0.29, 0.717) is 0 Å². The van der Waals surface area contributed by atoms with Crippen LogP contribution in [0.25, 0.3) is 5.69 Å². The first-order valence-electron chi connectivity index (χ1n) is 6.61. The first-order valence-corrected chi connectivity index (χ1v) is 6.61. The molecule has 0 atom stereocenters. The van der Waals surface area contributed by atoms with Crippen LogP contribution in [0.1, 0.15) is 25.4 Å². The van der Waals surface area contributed by atoms with Crippen LogP contribution in [-0.2, 0) is 6.54 Å². The van der Waals surface area contributed by atoms with Crippen LogP contribution in [0.3, 0.4) is 0 Å². The van der Waals surface area contributed by atoms with Gasteiger partial charge in [0, 0.05) is 18.8 Å². The van der Waals surface area contributed by atoms with E-state index in [0.717, 1.165) is 24.6 Å². The van der Waals surface area contributed by atoms with Gasteiger partial charge in [-0.2, -0.15) is 0 Å². The minimum atomic E-state index is 0.819. The third-order valence-electron chi connectivity index (χ3n) is 2.99. The number of imidazole rings is 1. The highest BCUT2D eigenvalue weighted by Crippen LogP contribution is 2.14. The van der Waals surface area contributed by atoms with Crippen molar-refractivity contribution in [3.05, 3.63) is 59.7 Å². The van der Waals surface area contributed by atoms with Gasteiger partial charge in [-0.3, -0.25) is 4.57 Å². The van der Waals surface area contributed by atoms with Crippen molar-refractivity contribution in [1.29, 1.82) is 0 Å². The first-order chi connectivity index (χ1) is 9.18. The van der Waals surface area contributed by atoms with E-state index in [1.807, 2.05) is 19.2 Å². The number of allylic oxidation sites excluding steroid dienone is 1. The summed E-state index contributed by atoms with van der Waals surface area (Å²) in [6.45, 7) is 7.97. The van der Waals surface area contributed by atoms with E-state index >= 15 is 0 Å². The van der Waals surface area contributed by atoms with Crippen molar-refractivity contribution >= 4 is 0 Å². The Morgan fingerprint density at radius 3 is 2.68 bits per heavy atom. The van der Waals surface area contributed by atoms with Gasteiger partial charge in [-0.1, -0.05) is 29.8 Å². The minimum absolute atomic E-state index is 0.819. The summed E-state index contributed by atoms with van der Waals surface area (Å²) in [7, 11) is 0. The number of rotatable bonds is 5. The average molecular weight is 255 g/mol. The Morgan fingerprint density at radius 2 is 2.00 bits per heavy atom. The molecule has 0 aliphatic heterocycles. The zero-order valence-corrected chi connectivity index (χ0v) is 11.9. The molecule has 3 heteroatoms. The summed E-state index contributed by atoms with van der Waals surface area (Å²) < 4.78 is 2.19. The molecule has 0 fully saturated rings. The van der Waals surface area contributed by atoms with E-state index in [4.69, 9.17) is 0 Å². The molecule has 1 N–H and O–H groups in total. The van der Waals surface area contributed by atoms with E-state index in [-0.39, 0.29) is 0 Å². The van der Waals surface area contributed by atoms with E-state index in [1.165, 1.54) is 11.3 Å². The predicted octanol–water partition coefficient (Wildman–Crippen LogP) is 3.24. The number of para-hydroxylation sites is 1. The molecule has 19 heavy (non-hydrogen) atoms. The van der Waals surface area contributed by atoms with Gasteiger partial charge >= 0.3 is 0 Å². The summed E-state index contributed by atoms with van der Waals surface area (Å²) >= 11 is 0. The number of hydrogen-bond donors (Lipinski definition) is 1. The van der Waals surface area contributed by atoms with Gasteiger partial charge in [0.2, 0.25) is 0 Å². The Balaban J connectivity index is 2.12. The Hall–Kier alpha value is -1.87. The van der Waals surface area contributed by atoms with Crippen molar-refractivity contribution in [2.75, 3.05) is 6.54 Å². The second-order valence-electron chi connectivity index (χ2n) is 4.88. The van der Waals surface area contributed by atoms with Crippen LogP contribution >= 0.6 is 0 Å². The van der Waals surface area contributed by atoms with Gasteiger partial charge in [-0.25, -0.2) is 4.98 Å². The number of nitrogens with one attached hydrogen (secondary N) is 1.